The molecule has 0 aliphatic carbocycles. The van der Waals surface area contributed by atoms with Crippen LogP contribution in [0.3, 0.4) is 0 Å². The summed E-state index contributed by atoms with van der Waals surface area (Å²) in [5.41, 5.74) is -1.18. The first-order valence-electron chi connectivity index (χ1n) is 9.96. The smallest absolute Gasteiger partial charge is 0.330 e. The molecule has 0 unspecified atom stereocenters. The third-order valence-corrected chi connectivity index (χ3v) is 5.12. The zero-order valence-corrected chi connectivity index (χ0v) is 18.4. The molecule has 0 spiro atoms. The number of aromatic nitrogens is 2. The lowest BCUT2D eigenvalue weighted by Crippen LogP contribution is -2.41. The number of methoxy groups -OCH3 is 1. The van der Waals surface area contributed by atoms with Crippen molar-refractivity contribution in [2.45, 2.75) is 63.6 Å². The third-order valence-electron chi connectivity index (χ3n) is 4.70. The highest BCUT2D eigenvalue weighted by atomic mass is 32.2. The second-order valence-electron chi connectivity index (χ2n) is 7.20. The predicted octanol–water partition coefficient (Wildman–Crippen LogP) is 0.285. The molecule has 11 nitrogen and oxygen atoms in total. The van der Waals surface area contributed by atoms with Crippen LogP contribution in [0, 0.1) is 0 Å². The molecule has 0 amide bonds. The van der Waals surface area contributed by atoms with E-state index in [1.54, 1.807) is 0 Å². The number of sulfonamides is 1. The summed E-state index contributed by atoms with van der Waals surface area (Å²) in [6.45, 7) is 2.45. The number of rotatable bonds is 13. The summed E-state index contributed by atoms with van der Waals surface area (Å²) in [7, 11) is -2.09. The minimum atomic E-state index is -3.55. The lowest BCUT2D eigenvalue weighted by molar-refractivity contribution is -0.0856. The van der Waals surface area contributed by atoms with Crippen molar-refractivity contribution in [3.05, 3.63) is 33.1 Å². The lowest BCUT2D eigenvalue weighted by Gasteiger charge is -2.23. The normalized spacial score (nSPS) is 24.4. The van der Waals surface area contributed by atoms with Gasteiger partial charge in [0.15, 0.2) is 6.23 Å². The number of nitrogens with one attached hydrogen (secondary N) is 2. The van der Waals surface area contributed by atoms with Gasteiger partial charge in [-0.3, -0.25) is 19.2 Å². The van der Waals surface area contributed by atoms with E-state index in [4.69, 9.17) is 19.0 Å². The van der Waals surface area contributed by atoms with E-state index in [0.717, 1.165) is 38.4 Å². The standard InChI is InChI=1S/C18H31N3O8S/c1-4-5-6-7-8-11-27-15-13(12-28-20-30(3,24)25)29-17(16(15)26-2)21-10-9-14(22)19-18(21)23/h9-10,13,15-17,20H,4-8,11-12H2,1-3H3,(H,19,22,23)/t13-,15-,16-,17-/m1/s1. The molecule has 1 aromatic heterocycles. The van der Waals surface area contributed by atoms with Crippen molar-refractivity contribution in [2.24, 2.45) is 0 Å². The Hall–Kier alpha value is -1.57. The van der Waals surface area contributed by atoms with Crippen LogP contribution < -0.4 is 16.1 Å². The summed E-state index contributed by atoms with van der Waals surface area (Å²) < 4.78 is 41.2. The van der Waals surface area contributed by atoms with E-state index in [0.29, 0.717) is 6.61 Å². The third kappa shape index (κ3) is 7.29. The molecule has 1 aliphatic heterocycles. The summed E-state index contributed by atoms with van der Waals surface area (Å²) in [6, 6.07) is 1.20. The summed E-state index contributed by atoms with van der Waals surface area (Å²) in [5.74, 6) is 0. The fourth-order valence-corrected chi connectivity index (χ4v) is 3.58. The van der Waals surface area contributed by atoms with Gasteiger partial charge in [0.1, 0.15) is 18.3 Å². The van der Waals surface area contributed by atoms with Gasteiger partial charge >= 0.3 is 5.69 Å². The Morgan fingerprint density at radius 2 is 1.93 bits per heavy atom. The monoisotopic (exact) mass is 449 g/mol. The molecule has 12 heteroatoms. The Kier molecular flexibility index (Phi) is 9.65. The Labute approximate surface area is 175 Å². The van der Waals surface area contributed by atoms with Crippen molar-refractivity contribution in [2.75, 3.05) is 26.6 Å². The van der Waals surface area contributed by atoms with E-state index < -0.39 is 45.8 Å². The molecule has 0 saturated carbocycles. The Morgan fingerprint density at radius 1 is 1.20 bits per heavy atom. The number of hydrogen-bond acceptors (Lipinski definition) is 8. The average Bonchev–Trinajstić information content (AvgIpc) is 3.00. The summed E-state index contributed by atoms with van der Waals surface area (Å²) in [6.07, 6.45) is 4.73. The molecule has 4 atom stereocenters. The van der Waals surface area contributed by atoms with Gasteiger partial charge in [0.2, 0.25) is 10.0 Å². The van der Waals surface area contributed by atoms with Crippen molar-refractivity contribution in [3.8, 4) is 0 Å². The molecular weight excluding hydrogens is 418 g/mol. The quantitative estimate of drug-likeness (QED) is 0.324. The van der Waals surface area contributed by atoms with Crippen LogP contribution in [0.15, 0.2) is 21.9 Å². The average molecular weight is 450 g/mol. The maximum atomic E-state index is 12.2. The first-order chi connectivity index (χ1) is 14.3. The Bertz CT molecular complexity index is 869. The van der Waals surface area contributed by atoms with Gasteiger partial charge in [-0.25, -0.2) is 13.2 Å². The van der Waals surface area contributed by atoms with Crippen LogP contribution in [0.1, 0.15) is 45.3 Å². The molecule has 172 valence electrons. The van der Waals surface area contributed by atoms with Gasteiger partial charge in [0.05, 0.1) is 12.9 Å². The van der Waals surface area contributed by atoms with E-state index in [1.165, 1.54) is 23.9 Å². The van der Waals surface area contributed by atoms with E-state index in [1.807, 2.05) is 4.89 Å². The first-order valence-corrected chi connectivity index (χ1v) is 11.9. The molecule has 2 rings (SSSR count). The summed E-state index contributed by atoms with van der Waals surface area (Å²) >= 11 is 0. The maximum absolute atomic E-state index is 12.2. The SMILES string of the molecule is CCCCCCCO[C@H]1[C@@H](OC)[C@H](n2ccc(=O)[nH]c2=O)O[C@@H]1CONS(C)(=O)=O. The highest BCUT2D eigenvalue weighted by Gasteiger charge is 2.47. The van der Waals surface area contributed by atoms with Gasteiger partial charge in [-0.2, -0.15) is 0 Å². The van der Waals surface area contributed by atoms with E-state index in [-0.39, 0.29) is 6.61 Å². The Balaban J connectivity index is 2.12. The predicted molar refractivity (Wildman–Crippen MR) is 108 cm³/mol. The van der Waals surface area contributed by atoms with E-state index >= 15 is 0 Å². The zero-order chi connectivity index (χ0) is 22.1. The number of aromatic amines is 1. The van der Waals surface area contributed by atoms with Gasteiger partial charge in [-0.05, 0) is 6.42 Å². The molecule has 30 heavy (non-hydrogen) atoms. The highest BCUT2D eigenvalue weighted by Crippen LogP contribution is 2.32. The van der Waals surface area contributed by atoms with Crippen LogP contribution in [0.2, 0.25) is 0 Å². The van der Waals surface area contributed by atoms with Crippen LogP contribution in [0.25, 0.3) is 0 Å². The van der Waals surface area contributed by atoms with Gasteiger partial charge in [-0.1, -0.05) is 37.5 Å². The highest BCUT2D eigenvalue weighted by molar-refractivity contribution is 7.88. The number of nitrogens with zero attached hydrogens (tertiary/aromatic N) is 1. The van der Waals surface area contributed by atoms with Crippen LogP contribution in [0.5, 0.6) is 0 Å². The molecule has 2 heterocycles. The van der Waals surface area contributed by atoms with Gasteiger partial charge < -0.3 is 14.2 Å². The first kappa shape index (κ1) is 24.7. The number of unbranched alkanes of at least 4 members (excludes halogenated alkanes) is 4. The molecule has 1 aromatic rings. The fourth-order valence-electron chi connectivity index (χ4n) is 3.29. The maximum Gasteiger partial charge on any atom is 0.330 e. The Morgan fingerprint density at radius 3 is 2.57 bits per heavy atom. The number of hydrogen-bond donors (Lipinski definition) is 2. The molecule has 0 bridgehead atoms. The van der Waals surface area contributed by atoms with Crippen LogP contribution >= 0.6 is 0 Å². The molecule has 1 fully saturated rings. The van der Waals surface area contributed by atoms with E-state index in [2.05, 4.69) is 11.9 Å². The molecule has 1 aliphatic rings. The van der Waals surface area contributed by atoms with Gasteiger partial charge in [0, 0.05) is 26.0 Å². The van der Waals surface area contributed by atoms with Crippen molar-refractivity contribution in [1.29, 1.82) is 0 Å². The van der Waals surface area contributed by atoms with Crippen molar-refractivity contribution >= 4 is 10.0 Å². The summed E-state index contributed by atoms with van der Waals surface area (Å²) in [4.78, 5) is 32.8. The fraction of sp³-hybridized carbons (Fsp3) is 0.778. The van der Waals surface area contributed by atoms with Crippen molar-refractivity contribution < 1.29 is 27.5 Å². The van der Waals surface area contributed by atoms with Crippen LogP contribution in [-0.2, 0) is 29.1 Å². The van der Waals surface area contributed by atoms with E-state index in [9.17, 15) is 18.0 Å². The second kappa shape index (κ2) is 11.7. The second-order valence-corrected chi connectivity index (χ2v) is 8.91. The van der Waals surface area contributed by atoms with Crippen molar-refractivity contribution in [3.63, 3.8) is 0 Å². The minimum Gasteiger partial charge on any atom is -0.374 e. The topological polar surface area (TPSA) is 138 Å². The molecule has 0 aromatic carbocycles. The number of H-pyrrole nitrogens is 1. The van der Waals surface area contributed by atoms with Gasteiger partial charge in [-0.15, -0.1) is 0 Å². The summed E-state index contributed by atoms with van der Waals surface area (Å²) in [5, 5.41) is 0. The molecule has 2 N–H and O–H groups in total. The molecular formula is C18H31N3O8S. The van der Waals surface area contributed by atoms with Crippen LogP contribution in [-0.4, -0.2) is 62.9 Å². The zero-order valence-electron chi connectivity index (χ0n) is 17.5. The lowest BCUT2D eigenvalue weighted by atomic mass is 10.1. The van der Waals surface area contributed by atoms with Crippen LogP contribution in [0.4, 0.5) is 0 Å². The largest absolute Gasteiger partial charge is 0.374 e. The molecule has 1 saturated heterocycles. The van der Waals surface area contributed by atoms with Crippen molar-refractivity contribution in [1.82, 2.24) is 14.4 Å². The molecule has 0 radical (unpaired) electrons. The minimum absolute atomic E-state index is 0.151. The van der Waals surface area contributed by atoms with Gasteiger partial charge in [0.25, 0.3) is 5.56 Å². The number of ether oxygens (including phenoxy) is 3.